The van der Waals surface area contributed by atoms with E-state index in [0.717, 1.165) is 21.3 Å². The van der Waals surface area contributed by atoms with Crippen molar-refractivity contribution in [3.63, 3.8) is 0 Å². The molecule has 0 saturated carbocycles. The van der Waals surface area contributed by atoms with E-state index in [9.17, 15) is 4.79 Å². The second kappa shape index (κ2) is 8.61. The molecule has 1 N–H and O–H groups in total. The van der Waals surface area contributed by atoms with Gasteiger partial charge in [-0.2, -0.15) is 0 Å². The summed E-state index contributed by atoms with van der Waals surface area (Å²) in [4.78, 5) is 12.4. The topological polar surface area (TPSA) is 38.3 Å². The minimum Gasteiger partial charge on any atom is -0.483 e. The van der Waals surface area contributed by atoms with Crippen LogP contribution in [-0.4, -0.2) is 12.5 Å². The van der Waals surface area contributed by atoms with Crippen LogP contribution in [-0.2, 0) is 10.2 Å². The van der Waals surface area contributed by atoms with Gasteiger partial charge in [0.05, 0.1) is 5.69 Å². The van der Waals surface area contributed by atoms with Crippen LogP contribution in [0.3, 0.4) is 0 Å². The summed E-state index contributed by atoms with van der Waals surface area (Å²) in [6, 6.07) is 23.7. The Morgan fingerprint density at radius 2 is 1.64 bits per heavy atom. The molecule has 3 rings (SSSR count). The molecule has 0 heterocycles. The molecule has 0 aliphatic carbocycles. The van der Waals surface area contributed by atoms with E-state index in [4.69, 9.17) is 4.74 Å². The summed E-state index contributed by atoms with van der Waals surface area (Å²) >= 11 is 3.55. The second-order valence-electron chi connectivity index (χ2n) is 7.64. The van der Waals surface area contributed by atoms with Crippen molar-refractivity contribution in [2.45, 2.75) is 26.2 Å². The minimum atomic E-state index is -0.202. The average Bonchev–Trinajstić information content (AvgIpc) is 2.68. The van der Waals surface area contributed by atoms with Gasteiger partial charge in [0.25, 0.3) is 5.91 Å². The predicted molar refractivity (Wildman–Crippen MR) is 119 cm³/mol. The van der Waals surface area contributed by atoms with Gasteiger partial charge in [-0.1, -0.05) is 75.4 Å². The Bertz CT molecular complexity index is 962. The summed E-state index contributed by atoms with van der Waals surface area (Å²) in [5, 5.41) is 2.91. The van der Waals surface area contributed by atoms with E-state index in [1.807, 2.05) is 72.8 Å². The maximum absolute atomic E-state index is 12.4. The zero-order valence-electron chi connectivity index (χ0n) is 16.3. The van der Waals surface area contributed by atoms with Crippen molar-refractivity contribution >= 4 is 27.5 Å². The van der Waals surface area contributed by atoms with Crippen molar-refractivity contribution in [2.24, 2.45) is 0 Å². The summed E-state index contributed by atoms with van der Waals surface area (Å²) in [7, 11) is 0. The van der Waals surface area contributed by atoms with Crippen LogP contribution in [0, 0.1) is 0 Å². The van der Waals surface area contributed by atoms with Crippen LogP contribution in [0.4, 0.5) is 5.69 Å². The highest BCUT2D eigenvalue weighted by Crippen LogP contribution is 2.31. The van der Waals surface area contributed by atoms with E-state index in [-0.39, 0.29) is 17.9 Å². The molecule has 3 nitrogen and oxygen atoms in total. The summed E-state index contributed by atoms with van der Waals surface area (Å²) in [5.41, 5.74) is 4.00. The lowest BCUT2D eigenvalue weighted by atomic mass is 9.87. The highest BCUT2D eigenvalue weighted by molar-refractivity contribution is 9.10. The number of ether oxygens (including phenoxy) is 1. The molecule has 0 radical (unpaired) electrons. The van der Waals surface area contributed by atoms with E-state index < -0.39 is 0 Å². The fourth-order valence-corrected chi connectivity index (χ4v) is 3.34. The molecular weight excluding hydrogens is 414 g/mol. The first kappa shape index (κ1) is 20.2. The van der Waals surface area contributed by atoms with Crippen LogP contribution in [0.25, 0.3) is 11.1 Å². The molecule has 28 heavy (non-hydrogen) atoms. The lowest BCUT2D eigenvalue weighted by Crippen LogP contribution is -2.21. The number of nitrogens with one attached hydrogen (secondary N) is 1. The molecule has 4 heteroatoms. The number of rotatable bonds is 5. The number of carbonyl (C=O) groups is 1. The molecule has 0 atom stereocenters. The first-order valence-corrected chi connectivity index (χ1v) is 10.0. The molecule has 0 aliphatic heterocycles. The van der Waals surface area contributed by atoms with Crippen molar-refractivity contribution in [3.05, 3.63) is 82.8 Å². The summed E-state index contributed by atoms with van der Waals surface area (Å²) in [6.07, 6.45) is 0. The van der Waals surface area contributed by atoms with Crippen LogP contribution in [0.2, 0.25) is 0 Å². The summed E-state index contributed by atoms with van der Waals surface area (Å²) < 4.78 is 6.68. The van der Waals surface area contributed by atoms with Crippen molar-refractivity contribution in [1.29, 1.82) is 0 Å². The number of amides is 1. The first-order chi connectivity index (χ1) is 13.3. The largest absolute Gasteiger partial charge is 0.483 e. The third-order valence-corrected chi connectivity index (χ3v) is 5.10. The fourth-order valence-electron chi connectivity index (χ4n) is 2.86. The molecule has 3 aromatic carbocycles. The third-order valence-electron chi connectivity index (χ3n) is 4.44. The Balaban J connectivity index is 1.68. The Morgan fingerprint density at radius 1 is 0.964 bits per heavy atom. The van der Waals surface area contributed by atoms with Gasteiger partial charge < -0.3 is 10.1 Å². The van der Waals surface area contributed by atoms with Crippen molar-refractivity contribution in [1.82, 2.24) is 0 Å². The van der Waals surface area contributed by atoms with Crippen molar-refractivity contribution < 1.29 is 9.53 Å². The van der Waals surface area contributed by atoms with Crippen LogP contribution in [0.15, 0.2) is 77.3 Å². The maximum atomic E-state index is 12.4. The lowest BCUT2D eigenvalue weighted by Gasteiger charge is -2.20. The number of hydrogen-bond acceptors (Lipinski definition) is 2. The second-order valence-corrected chi connectivity index (χ2v) is 8.50. The smallest absolute Gasteiger partial charge is 0.262 e. The van der Waals surface area contributed by atoms with Gasteiger partial charge in [-0.25, -0.2) is 0 Å². The number of hydrogen-bond donors (Lipinski definition) is 1. The molecule has 144 valence electrons. The number of carbonyl (C=O) groups excluding carboxylic acids is 1. The van der Waals surface area contributed by atoms with Crippen LogP contribution in [0.1, 0.15) is 26.3 Å². The zero-order chi connectivity index (χ0) is 20.1. The standard InChI is InChI=1S/C24H24BrNO2/c1-24(2,3)18-13-14-21(20(25)15-18)26-23(27)16-28-22-12-8-7-11-19(22)17-9-5-4-6-10-17/h4-15H,16H2,1-3H3,(H,26,27). The lowest BCUT2D eigenvalue weighted by molar-refractivity contribution is -0.118. The number of benzene rings is 3. The molecule has 0 unspecified atom stereocenters. The van der Waals surface area contributed by atoms with Gasteiger partial charge in [0.1, 0.15) is 5.75 Å². The summed E-state index contributed by atoms with van der Waals surface area (Å²) in [6.45, 7) is 6.42. The fraction of sp³-hybridized carbons (Fsp3) is 0.208. The average molecular weight is 438 g/mol. The minimum absolute atomic E-state index is 0.0509. The van der Waals surface area contributed by atoms with E-state index in [2.05, 4.69) is 42.0 Å². The van der Waals surface area contributed by atoms with Gasteiger partial charge >= 0.3 is 0 Å². The zero-order valence-corrected chi connectivity index (χ0v) is 17.9. The SMILES string of the molecule is CC(C)(C)c1ccc(NC(=O)COc2ccccc2-c2ccccc2)c(Br)c1. The highest BCUT2D eigenvalue weighted by Gasteiger charge is 2.16. The van der Waals surface area contributed by atoms with E-state index >= 15 is 0 Å². The van der Waals surface area contributed by atoms with Gasteiger partial charge in [0, 0.05) is 10.0 Å². The van der Waals surface area contributed by atoms with Gasteiger partial charge in [0.2, 0.25) is 0 Å². The molecular formula is C24H24BrNO2. The van der Waals surface area contributed by atoms with Crippen LogP contribution >= 0.6 is 15.9 Å². The molecule has 3 aromatic rings. The van der Waals surface area contributed by atoms with Crippen molar-refractivity contribution in [3.8, 4) is 16.9 Å². The van der Waals surface area contributed by atoms with E-state index in [0.29, 0.717) is 5.75 Å². The van der Waals surface area contributed by atoms with Gasteiger partial charge in [0.15, 0.2) is 6.61 Å². The number of para-hydroxylation sites is 1. The summed E-state index contributed by atoms with van der Waals surface area (Å²) in [5.74, 6) is 0.484. The van der Waals surface area contributed by atoms with Crippen molar-refractivity contribution in [2.75, 3.05) is 11.9 Å². The number of halogens is 1. The molecule has 0 fully saturated rings. The third kappa shape index (κ3) is 5.02. The molecule has 0 bridgehead atoms. The molecule has 0 aliphatic rings. The monoisotopic (exact) mass is 437 g/mol. The number of anilines is 1. The van der Waals surface area contributed by atoms with Crippen LogP contribution in [0.5, 0.6) is 5.75 Å². The van der Waals surface area contributed by atoms with E-state index in [1.165, 1.54) is 5.56 Å². The Hall–Kier alpha value is -2.59. The Morgan fingerprint density at radius 3 is 2.32 bits per heavy atom. The first-order valence-electron chi connectivity index (χ1n) is 9.22. The highest BCUT2D eigenvalue weighted by atomic mass is 79.9. The van der Waals surface area contributed by atoms with Gasteiger partial charge in [-0.3, -0.25) is 4.79 Å². The normalized spacial score (nSPS) is 11.1. The van der Waals surface area contributed by atoms with Gasteiger partial charge in [-0.15, -0.1) is 0 Å². The van der Waals surface area contributed by atoms with Crippen LogP contribution < -0.4 is 10.1 Å². The molecule has 0 saturated heterocycles. The molecule has 1 amide bonds. The maximum Gasteiger partial charge on any atom is 0.262 e. The molecule has 0 spiro atoms. The molecule has 0 aromatic heterocycles. The van der Waals surface area contributed by atoms with Gasteiger partial charge in [-0.05, 0) is 50.7 Å². The quantitative estimate of drug-likeness (QED) is 0.499. The Kier molecular flexibility index (Phi) is 6.20. The van der Waals surface area contributed by atoms with E-state index in [1.54, 1.807) is 0 Å². The predicted octanol–water partition coefficient (Wildman–Crippen LogP) is 6.43. The Labute approximate surface area is 174 Å².